The van der Waals surface area contributed by atoms with E-state index >= 15 is 0 Å². The van der Waals surface area contributed by atoms with Crippen LogP contribution in [0.25, 0.3) is 0 Å². The average Bonchev–Trinajstić information content (AvgIpc) is 2.83. The molecule has 0 N–H and O–H groups in total. The fraction of sp³-hybridized carbons (Fsp3) is 0.667. The normalized spacial score (nSPS) is 17.2. The standard InChI is InChI=1S/C15H22O4/c1-15(18-12-13-19-15)11-9-7-5-3-4-6-8-10-14(16)17-2/h4,6H,7-13H2,1-2H3/b6-4+. The van der Waals surface area contributed by atoms with Crippen LogP contribution in [0.2, 0.25) is 0 Å². The van der Waals surface area contributed by atoms with Crippen LogP contribution < -0.4 is 0 Å². The number of carbonyl (C=O) groups is 1. The van der Waals surface area contributed by atoms with Crippen LogP contribution in [0, 0.1) is 11.8 Å². The highest BCUT2D eigenvalue weighted by Gasteiger charge is 2.29. The molecule has 4 heteroatoms. The summed E-state index contributed by atoms with van der Waals surface area (Å²) in [6.45, 7) is 3.34. The molecule has 19 heavy (non-hydrogen) atoms. The molecule has 0 aromatic rings. The molecule has 1 aliphatic heterocycles. The maximum atomic E-state index is 10.8. The molecule has 0 aromatic carbocycles. The van der Waals surface area contributed by atoms with Crippen molar-refractivity contribution in [3.8, 4) is 11.8 Å². The van der Waals surface area contributed by atoms with E-state index in [1.165, 1.54) is 7.11 Å². The minimum atomic E-state index is -0.405. The minimum Gasteiger partial charge on any atom is -0.469 e. The predicted octanol–water partition coefficient (Wildman–Crippen LogP) is 2.43. The van der Waals surface area contributed by atoms with Crippen molar-refractivity contribution in [2.45, 2.75) is 44.8 Å². The van der Waals surface area contributed by atoms with Crippen LogP contribution in [0.15, 0.2) is 12.2 Å². The number of carbonyl (C=O) groups excluding carboxylic acids is 1. The molecule has 0 saturated carbocycles. The monoisotopic (exact) mass is 266 g/mol. The molecule has 0 atom stereocenters. The molecule has 0 aliphatic carbocycles. The van der Waals surface area contributed by atoms with Gasteiger partial charge in [0.2, 0.25) is 0 Å². The second-order valence-corrected chi connectivity index (χ2v) is 4.52. The zero-order valence-electron chi connectivity index (χ0n) is 11.7. The molecule has 1 rings (SSSR count). The Morgan fingerprint density at radius 1 is 1.42 bits per heavy atom. The number of hydrogen-bond acceptors (Lipinski definition) is 4. The summed E-state index contributed by atoms with van der Waals surface area (Å²) in [4.78, 5) is 10.8. The van der Waals surface area contributed by atoms with Gasteiger partial charge in [-0.1, -0.05) is 17.9 Å². The molecule has 1 aliphatic rings. The Balaban J connectivity index is 2.04. The third-order valence-electron chi connectivity index (χ3n) is 2.88. The van der Waals surface area contributed by atoms with Crippen molar-refractivity contribution in [3.05, 3.63) is 12.2 Å². The third-order valence-corrected chi connectivity index (χ3v) is 2.88. The fourth-order valence-electron chi connectivity index (χ4n) is 1.78. The van der Waals surface area contributed by atoms with Crippen molar-refractivity contribution in [1.29, 1.82) is 0 Å². The Kier molecular flexibility index (Phi) is 7.24. The van der Waals surface area contributed by atoms with Crippen molar-refractivity contribution < 1.29 is 19.0 Å². The molecule has 106 valence electrons. The molecule has 0 amide bonds. The van der Waals surface area contributed by atoms with E-state index in [4.69, 9.17) is 9.47 Å². The van der Waals surface area contributed by atoms with E-state index in [1.807, 2.05) is 13.0 Å². The smallest absolute Gasteiger partial charge is 0.305 e. The lowest BCUT2D eigenvalue weighted by Crippen LogP contribution is -2.24. The topological polar surface area (TPSA) is 44.8 Å². The van der Waals surface area contributed by atoms with Crippen LogP contribution in [0.3, 0.4) is 0 Å². The van der Waals surface area contributed by atoms with Crippen molar-refractivity contribution >= 4 is 5.97 Å². The summed E-state index contributed by atoms with van der Waals surface area (Å²) in [5, 5.41) is 0. The number of unbranched alkanes of at least 4 members (excludes halogenated alkanes) is 1. The van der Waals surface area contributed by atoms with Crippen LogP contribution in [-0.2, 0) is 19.0 Å². The Bertz CT molecular complexity index is 356. The maximum absolute atomic E-state index is 10.8. The summed E-state index contributed by atoms with van der Waals surface area (Å²) in [6, 6.07) is 0. The number of rotatable bonds is 6. The van der Waals surface area contributed by atoms with E-state index in [-0.39, 0.29) is 5.97 Å². The summed E-state index contributed by atoms with van der Waals surface area (Å²) in [5.41, 5.74) is 0. The Morgan fingerprint density at radius 2 is 2.16 bits per heavy atom. The first-order valence-corrected chi connectivity index (χ1v) is 6.64. The largest absolute Gasteiger partial charge is 0.469 e. The summed E-state index contributed by atoms with van der Waals surface area (Å²) in [5.74, 6) is 5.42. The van der Waals surface area contributed by atoms with Crippen molar-refractivity contribution in [2.24, 2.45) is 0 Å². The molecule has 0 unspecified atom stereocenters. The molecule has 1 fully saturated rings. The molecule has 0 radical (unpaired) electrons. The maximum Gasteiger partial charge on any atom is 0.305 e. The van der Waals surface area contributed by atoms with Gasteiger partial charge in [-0.3, -0.25) is 4.79 Å². The molecular formula is C15H22O4. The minimum absolute atomic E-state index is 0.192. The van der Waals surface area contributed by atoms with Gasteiger partial charge in [-0.05, 0) is 25.8 Å². The molecule has 4 nitrogen and oxygen atoms in total. The molecule has 1 saturated heterocycles. The highest BCUT2D eigenvalue weighted by Crippen LogP contribution is 2.24. The van der Waals surface area contributed by atoms with Crippen LogP contribution in [-0.4, -0.2) is 32.1 Å². The molecule has 0 aromatic heterocycles. The molecule has 0 bridgehead atoms. The lowest BCUT2D eigenvalue weighted by molar-refractivity contribution is -0.147. The zero-order valence-corrected chi connectivity index (χ0v) is 11.7. The number of esters is 1. The van der Waals surface area contributed by atoms with Gasteiger partial charge in [0, 0.05) is 19.3 Å². The fourth-order valence-corrected chi connectivity index (χ4v) is 1.78. The van der Waals surface area contributed by atoms with Crippen LogP contribution in [0.4, 0.5) is 0 Å². The van der Waals surface area contributed by atoms with E-state index < -0.39 is 5.79 Å². The number of allylic oxidation sites excluding steroid dienone is 2. The Morgan fingerprint density at radius 3 is 2.84 bits per heavy atom. The SMILES string of the molecule is COC(=O)CC/C=C/C#CCCCC1(C)OCCO1. The zero-order chi connectivity index (χ0) is 14.0. The quantitative estimate of drug-likeness (QED) is 0.421. The van der Waals surface area contributed by atoms with Crippen molar-refractivity contribution in [2.75, 3.05) is 20.3 Å². The lowest BCUT2D eigenvalue weighted by Gasteiger charge is -2.21. The average molecular weight is 266 g/mol. The van der Waals surface area contributed by atoms with Gasteiger partial charge in [0.1, 0.15) is 0 Å². The first kappa shape index (κ1) is 15.7. The Hall–Kier alpha value is -1.31. The second kappa shape index (κ2) is 8.73. The molecule has 1 heterocycles. The number of hydrogen-bond donors (Lipinski definition) is 0. The van der Waals surface area contributed by atoms with E-state index in [0.29, 0.717) is 26.1 Å². The van der Waals surface area contributed by atoms with Crippen LogP contribution in [0.1, 0.15) is 39.0 Å². The first-order chi connectivity index (χ1) is 9.16. The van der Waals surface area contributed by atoms with Gasteiger partial charge in [0.15, 0.2) is 5.79 Å². The second-order valence-electron chi connectivity index (χ2n) is 4.52. The summed E-state index contributed by atoms with van der Waals surface area (Å²) in [7, 11) is 1.39. The van der Waals surface area contributed by atoms with Gasteiger partial charge >= 0.3 is 5.97 Å². The van der Waals surface area contributed by atoms with Gasteiger partial charge in [0.05, 0.1) is 20.3 Å². The number of ether oxygens (including phenoxy) is 3. The highest BCUT2D eigenvalue weighted by atomic mass is 16.7. The van der Waals surface area contributed by atoms with Gasteiger partial charge < -0.3 is 14.2 Å². The summed E-state index contributed by atoms with van der Waals surface area (Å²) < 4.78 is 15.5. The Labute approximate surface area is 115 Å². The first-order valence-electron chi connectivity index (χ1n) is 6.64. The van der Waals surface area contributed by atoms with Gasteiger partial charge in [0.25, 0.3) is 0 Å². The lowest BCUT2D eigenvalue weighted by atomic mass is 10.1. The predicted molar refractivity (Wildman–Crippen MR) is 72.3 cm³/mol. The highest BCUT2D eigenvalue weighted by molar-refractivity contribution is 5.69. The summed E-state index contributed by atoms with van der Waals surface area (Å²) >= 11 is 0. The molecule has 0 spiro atoms. The van der Waals surface area contributed by atoms with Gasteiger partial charge in [-0.25, -0.2) is 0 Å². The van der Waals surface area contributed by atoms with E-state index in [9.17, 15) is 4.79 Å². The number of methoxy groups -OCH3 is 1. The van der Waals surface area contributed by atoms with E-state index in [0.717, 1.165) is 19.3 Å². The van der Waals surface area contributed by atoms with E-state index in [1.54, 1.807) is 6.08 Å². The molecular weight excluding hydrogens is 244 g/mol. The van der Waals surface area contributed by atoms with Crippen molar-refractivity contribution in [1.82, 2.24) is 0 Å². The van der Waals surface area contributed by atoms with Crippen molar-refractivity contribution in [3.63, 3.8) is 0 Å². The van der Waals surface area contributed by atoms with Crippen LogP contribution in [0.5, 0.6) is 0 Å². The third kappa shape index (κ3) is 7.00. The van der Waals surface area contributed by atoms with Gasteiger partial charge in [-0.2, -0.15) is 0 Å². The van der Waals surface area contributed by atoms with Crippen LogP contribution >= 0.6 is 0 Å². The summed E-state index contributed by atoms with van der Waals surface area (Å²) in [6.07, 6.45) is 7.39. The van der Waals surface area contributed by atoms with E-state index in [2.05, 4.69) is 16.6 Å². The van der Waals surface area contributed by atoms with Gasteiger partial charge in [-0.15, -0.1) is 0 Å².